The molecule has 1 aromatic heterocycles. The fraction of sp³-hybridized carbons (Fsp3) is 0.190. The van der Waals surface area contributed by atoms with E-state index in [1.54, 1.807) is 26.2 Å². The summed E-state index contributed by atoms with van der Waals surface area (Å²) in [5.41, 5.74) is 3.46. The largest absolute Gasteiger partial charge is 0.497 e. The number of amides is 2. The molecule has 0 saturated heterocycles. The summed E-state index contributed by atoms with van der Waals surface area (Å²) in [5.74, 6) is 0.0625. The van der Waals surface area contributed by atoms with Crippen molar-refractivity contribution in [2.24, 2.45) is 0 Å². The summed E-state index contributed by atoms with van der Waals surface area (Å²) < 4.78 is 6.17. The van der Waals surface area contributed by atoms with Crippen LogP contribution < -0.4 is 15.4 Å². The number of nitrogens with zero attached hydrogens (tertiary/aromatic N) is 1. The molecule has 6 nitrogen and oxygen atoms in total. The monoisotopic (exact) mass is 441 g/mol. The molecule has 0 atom stereocenters. The van der Waals surface area contributed by atoms with Crippen molar-refractivity contribution in [2.45, 2.75) is 13.8 Å². The van der Waals surface area contributed by atoms with E-state index in [1.807, 2.05) is 37.3 Å². The molecule has 0 aliphatic rings. The minimum atomic E-state index is -0.343. The van der Waals surface area contributed by atoms with Gasteiger partial charge in [-0.2, -0.15) is 0 Å². The van der Waals surface area contributed by atoms with Crippen molar-refractivity contribution < 1.29 is 14.3 Å². The Morgan fingerprint density at radius 2 is 1.89 bits per heavy atom. The maximum absolute atomic E-state index is 12.5. The number of anilines is 1. The minimum absolute atomic E-state index is 0.131. The van der Waals surface area contributed by atoms with Gasteiger partial charge in [-0.3, -0.25) is 14.6 Å². The maximum atomic E-state index is 12.5. The van der Waals surface area contributed by atoms with E-state index >= 15 is 0 Å². The lowest BCUT2D eigenvalue weighted by Crippen LogP contribution is -2.33. The molecule has 28 heavy (non-hydrogen) atoms. The second-order valence-electron chi connectivity index (χ2n) is 6.37. The van der Waals surface area contributed by atoms with Gasteiger partial charge in [-0.1, -0.05) is 15.9 Å². The van der Waals surface area contributed by atoms with Gasteiger partial charge in [0, 0.05) is 21.6 Å². The van der Waals surface area contributed by atoms with E-state index in [4.69, 9.17) is 4.74 Å². The van der Waals surface area contributed by atoms with Crippen molar-refractivity contribution in [1.29, 1.82) is 0 Å². The lowest BCUT2D eigenvalue weighted by Gasteiger charge is -2.10. The number of pyridine rings is 1. The van der Waals surface area contributed by atoms with Crippen LogP contribution in [0.1, 0.15) is 21.6 Å². The van der Waals surface area contributed by atoms with Gasteiger partial charge in [-0.05, 0) is 55.8 Å². The SMILES string of the molecule is COc1ccc2cc(C(=O)NCC(=O)Nc3ccc(Br)c(C)c3)c(C)nc2c1. The van der Waals surface area contributed by atoms with Crippen molar-refractivity contribution >= 4 is 44.3 Å². The predicted octanol–water partition coefficient (Wildman–Crippen LogP) is 3.99. The fourth-order valence-corrected chi connectivity index (χ4v) is 3.03. The molecule has 0 aliphatic carbocycles. The van der Waals surface area contributed by atoms with E-state index in [-0.39, 0.29) is 18.4 Å². The molecular weight excluding hydrogens is 422 g/mol. The van der Waals surface area contributed by atoms with Gasteiger partial charge in [0.2, 0.25) is 5.91 Å². The Bertz CT molecular complexity index is 1070. The van der Waals surface area contributed by atoms with E-state index in [9.17, 15) is 9.59 Å². The van der Waals surface area contributed by atoms with Crippen molar-refractivity contribution in [3.63, 3.8) is 0 Å². The number of rotatable bonds is 5. The van der Waals surface area contributed by atoms with Gasteiger partial charge in [0.25, 0.3) is 5.91 Å². The van der Waals surface area contributed by atoms with Crippen LogP contribution in [0.2, 0.25) is 0 Å². The molecule has 0 spiro atoms. The summed E-state index contributed by atoms with van der Waals surface area (Å²) >= 11 is 3.42. The van der Waals surface area contributed by atoms with Crippen LogP contribution in [0.25, 0.3) is 10.9 Å². The third kappa shape index (κ3) is 4.48. The Morgan fingerprint density at radius 3 is 2.61 bits per heavy atom. The molecule has 0 fully saturated rings. The molecule has 1 heterocycles. The van der Waals surface area contributed by atoms with E-state index in [1.165, 1.54) is 0 Å². The van der Waals surface area contributed by atoms with Crippen LogP contribution in [0.3, 0.4) is 0 Å². The Labute approximate surface area is 171 Å². The number of methoxy groups -OCH3 is 1. The smallest absolute Gasteiger partial charge is 0.253 e. The Kier molecular flexibility index (Phi) is 5.94. The number of hydrogen-bond acceptors (Lipinski definition) is 4. The number of aromatic nitrogens is 1. The lowest BCUT2D eigenvalue weighted by atomic mass is 10.1. The second kappa shape index (κ2) is 8.39. The zero-order chi connectivity index (χ0) is 20.3. The number of halogens is 1. The van der Waals surface area contributed by atoms with Crippen LogP contribution in [-0.4, -0.2) is 30.5 Å². The van der Waals surface area contributed by atoms with E-state index in [0.717, 1.165) is 20.9 Å². The number of ether oxygens (including phenoxy) is 1. The van der Waals surface area contributed by atoms with Crippen molar-refractivity contribution in [1.82, 2.24) is 10.3 Å². The number of hydrogen-bond donors (Lipinski definition) is 2. The molecule has 0 unspecified atom stereocenters. The molecule has 2 aromatic carbocycles. The van der Waals surface area contributed by atoms with E-state index in [2.05, 4.69) is 31.5 Å². The van der Waals surface area contributed by atoms with Gasteiger partial charge in [0.15, 0.2) is 0 Å². The number of benzene rings is 2. The van der Waals surface area contributed by atoms with Crippen LogP contribution in [-0.2, 0) is 4.79 Å². The normalized spacial score (nSPS) is 10.6. The molecule has 3 rings (SSSR count). The van der Waals surface area contributed by atoms with E-state index in [0.29, 0.717) is 22.7 Å². The maximum Gasteiger partial charge on any atom is 0.253 e. The van der Waals surface area contributed by atoms with Crippen LogP contribution in [0.4, 0.5) is 5.69 Å². The number of aryl methyl sites for hydroxylation is 2. The molecule has 2 amide bonds. The summed E-state index contributed by atoms with van der Waals surface area (Å²) in [5, 5.41) is 6.24. The lowest BCUT2D eigenvalue weighted by molar-refractivity contribution is -0.115. The average Bonchev–Trinajstić information content (AvgIpc) is 2.68. The highest BCUT2D eigenvalue weighted by molar-refractivity contribution is 9.10. The zero-order valence-corrected chi connectivity index (χ0v) is 17.4. The average molecular weight is 442 g/mol. The first-order chi connectivity index (χ1) is 13.4. The molecule has 0 radical (unpaired) electrons. The highest BCUT2D eigenvalue weighted by atomic mass is 79.9. The Hall–Kier alpha value is -2.93. The summed E-state index contributed by atoms with van der Waals surface area (Å²) in [6.45, 7) is 3.57. The Balaban J connectivity index is 1.67. The van der Waals surface area contributed by atoms with Gasteiger partial charge in [0.05, 0.1) is 30.4 Å². The summed E-state index contributed by atoms with van der Waals surface area (Å²) in [6, 6.07) is 12.8. The van der Waals surface area contributed by atoms with Crippen LogP contribution in [0.5, 0.6) is 5.75 Å². The topological polar surface area (TPSA) is 80.3 Å². The predicted molar refractivity (Wildman–Crippen MR) is 113 cm³/mol. The third-order valence-corrected chi connectivity index (χ3v) is 5.20. The minimum Gasteiger partial charge on any atom is -0.497 e. The third-order valence-electron chi connectivity index (χ3n) is 4.31. The van der Waals surface area contributed by atoms with E-state index < -0.39 is 0 Å². The first-order valence-electron chi connectivity index (χ1n) is 8.67. The number of carbonyl (C=O) groups excluding carboxylic acids is 2. The molecular formula is C21H20BrN3O3. The van der Waals surface area contributed by atoms with Gasteiger partial charge in [0.1, 0.15) is 5.75 Å². The quantitative estimate of drug-likeness (QED) is 0.626. The summed E-state index contributed by atoms with van der Waals surface area (Å²) in [4.78, 5) is 29.1. The molecule has 2 N–H and O–H groups in total. The van der Waals surface area contributed by atoms with Crippen LogP contribution in [0, 0.1) is 13.8 Å². The highest BCUT2D eigenvalue weighted by Gasteiger charge is 2.13. The van der Waals surface area contributed by atoms with Gasteiger partial charge in [-0.25, -0.2) is 0 Å². The molecule has 0 aliphatic heterocycles. The van der Waals surface area contributed by atoms with Gasteiger partial charge < -0.3 is 15.4 Å². The summed E-state index contributed by atoms with van der Waals surface area (Å²) in [6.07, 6.45) is 0. The van der Waals surface area contributed by atoms with Crippen LogP contribution >= 0.6 is 15.9 Å². The zero-order valence-electron chi connectivity index (χ0n) is 15.8. The summed E-state index contributed by atoms with van der Waals surface area (Å²) in [7, 11) is 1.59. The molecule has 144 valence electrons. The molecule has 0 saturated carbocycles. The highest BCUT2D eigenvalue weighted by Crippen LogP contribution is 2.22. The number of carbonyl (C=O) groups is 2. The van der Waals surface area contributed by atoms with Gasteiger partial charge >= 0.3 is 0 Å². The fourth-order valence-electron chi connectivity index (χ4n) is 2.78. The number of fused-ring (bicyclic) bond motifs is 1. The number of nitrogens with one attached hydrogen (secondary N) is 2. The van der Waals surface area contributed by atoms with Crippen LogP contribution in [0.15, 0.2) is 46.9 Å². The van der Waals surface area contributed by atoms with Crippen molar-refractivity contribution in [3.8, 4) is 5.75 Å². The second-order valence-corrected chi connectivity index (χ2v) is 7.23. The van der Waals surface area contributed by atoms with Crippen molar-refractivity contribution in [2.75, 3.05) is 19.0 Å². The standard InChI is InChI=1S/C21H20BrN3O3/c1-12-8-15(5-7-18(12)22)25-20(26)11-23-21(27)17-9-14-4-6-16(28-3)10-19(14)24-13(17)2/h4-10H,11H2,1-3H3,(H,23,27)(H,25,26). The van der Waals surface area contributed by atoms with Crippen molar-refractivity contribution in [3.05, 3.63) is 63.8 Å². The Morgan fingerprint density at radius 1 is 1.11 bits per heavy atom. The first kappa shape index (κ1) is 19.8. The molecule has 0 bridgehead atoms. The van der Waals surface area contributed by atoms with Gasteiger partial charge in [-0.15, -0.1) is 0 Å². The molecule has 7 heteroatoms. The molecule has 3 aromatic rings. The first-order valence-corrected chi connectivity index (χ1v) is 9.46.